The van der Waals surface area contributed by atoms with Gasteiger partial charge in [0.25, 0.3) is 0 Å². The third-order valence-electron chi connectivity index (χ3n) is 2.08. The molecule has 0 saturated carbocycles. The third-order valence-corrected chi connectivity index (χ3v) is 2.08. The third kappa shape index (κ3) is 4.57. The van der Waals surface area contributed by atoms with Crippen molar-refractivity contribution in [2.45, 2.75) is 57.5 Å². The van der Waals surface area contributed by atoms with Crippen LogP contribution in [0.2, 0.25) is 0 Å². The molecule has 4 N–H and O–H groups in total. The summed E-state index contributed by atoms with van der Waals surface area (Å²) in [5.74, 6) is 0. The van der Waals surface area contributed by atoms with Gasteiger partial charge in [0, 0.05) is 12.8 Å². The zero-order valence-electron chi connectivity index (χ0n) is 8.44. The summed E-state index contributed by atoms with van der Waals surface area (Å²) in [6.07, 6.45) is -2.22. The number of hydrogen-bond acceptors (Lipinski definition) is 4. The molecule has 80 valence electrons. The predicted molar refractivity (Wildman–Crippen MR) is 49.2 cm³/mol. The number of aliphatic hydroxyl groups is 4. The zero-order valence-corrected chi connectivity index (χ0v) is 8.44. The number of hydrogen-bond donors (Lipinski definition) is 4. The van der Waals surface area contributed by atoms with E-state index in [1.54, 1.807) is 0 Å². The van der Waals surface area contributed by atoms with Crippen molar-refractivity contribution in [3.63, 3.8) is 0 Å². The summed E-state index contributed by atoms with van der Waals surface area (Å²) in [7, 11) is 0. The standard InChI is InChI=1S/C9H20O4/c1-6(10)4-9(13,8(3)12)5-7(2)11/h6-8,10-13H,4-5H2,1-3H3. The van der Waals surface area contributed by atoms with Crippen molar-refractivity contribution in [3.05, 3.63) is 0 Å². The fourth-order valence-corrected chi connectivity index (χ4v) is 1.45. The van der Waals surface area contributed by atoms with Crippen molar-refractivity contribution in [1.82, 2.24) is 0 Å². The molecule has 0 aliphatic heterocycles. The molecule has 0 amide bonds. The summed E-state index contributed by atoms with van der Waals surface area (Å²) in [5, 5.41) is 37.4. The lowest BCUT2D eigenvalue weighted by Gasteiger charge is -2.33. The van der Waals surface area contributed by atoms with Crippen LogP contribution in [0.15, 0.2) is 0 Å². The molecule has 0 bridgehead atoms. The topological polar surface area (TPSA) is 80.9 Å². The van der Waals surface area contributed by atoms with E-state index in [2.05, 4.69) is 0 Å². The van der Waals surface area contributed by atoms with Gasteiger partial charge < -0.3 is 20.4 Å². The summed E-state index contributed by atoms with van der Waals surface area (Å²) in [6.45, 7) is 4.52. The van der Waals surface area contributed by atoms with E-state index in [-0.39, 0.29) is 12.8 Å². The Balaban J connectivity index is 4.34. The van der Waals surface area contributed by atoms with E-state index in [0.29, 0.717) is 0 Å². The van der Waals surface area contributed by atoms with Gasteiger partial charge in [-0.05, 0) is 20.8 Å². The van der Waals surface area contributed by atoms with Crippen molar-refractivity contribution in [2.24, 2.45) is 0 Å². The van der Waals surface area contributed by atoms with Crippen LogP contribution in [0.25, 0.3) is 0 Å². The van der Waals surface area contributed by atoms with Gasteiger partial charge in [0.2, 0.25) is 0 Å². The Morgan fingerprint density at radius 2 is 1.23 bits per heavy atom. The average Bonchev–Trinajstić information content (AvgIpc) is 1.82. The van der Waals surface area contributed by atoms with Crippen LogP contribution in [0, 0.1) is 0 Å². The first-order valence-corrected chi connectivity index (χ1v) is 4.54. The number of rotatable bonds is 5. The highest BCUT2D eigenvalue weighted by molar-refractivity contribution is 4.87. The summed E-state index contributed by atoms with van der Waals surface area (Å²) in [4.78, 5) is 0. The molecule has 0 fully saturated rings. The second-order valence-corrected chi connectivity index (χ2v) is 3.89. The molecule has 0 aromatic carbocycles. The summed E-state index contributed by atoms with van der Waals surface area (Å²) in [5.41, 5.74) is -1.40. The monoisotopic (exact) mass is 192 g/mol. The van der Waals surface area contributed by atoms with E-state index in [0.717, 1.165) is 0 Å². The van der Waals surface area contributed by atoms with Crippen LogP contribution in [-0.4, -0.2) is 44.3 Å². The van der Waals surface area contributed by atoms with Gasteiger partial charge in [0.05, 0.1) is 23.9 Å². The first-order valence-electron chi connectivity index (χ1n) is 4.54. The molecule has 0 rings (SSSR count). The molecule has 4 heteroatoms. The van der Waals surface area contributed by atoms with E-state index in [1.807, 2.05) is 0 Å². The lowest BCUT2D eigenvalue weighted by Crippen LogP contribution is -2.45. The van der Waals surface area contributed by atoms with E-state index < -0.39 is 23.9 Å². The Morgan fingerprint density at radius 3 is 1.38 bits per heavy atom. The molecule has 0 saturated heterocycles. The summed E-state index contributed by atoms with van der Waals surface area (Å²) < 4.78 is 0. The van der Waals surface area contributed by atoms with Crippen LogP contribution >= 0.6 is 0 Å². The fourth-order valence-electron chi connectivity index (χ4n) is 1.45. The molecule has 0 radical (unpaired) electrons. The van der Waals surface area contributed by atoms with Crippen molar-refractivity contribution in [3.8, 4) is 0 Å². The van der Waals surface area contributed by atoms with Crippen molar-refractivity contribution in [1.29, 1.82) is 0 Å². The largest absolute Gasteiger partial charge is 0.393 e. The minimum absolute atomic E-state index is 0.0650. The van der Waals surface area contributed by atoms with Crippen LogP contribution in [-0.2, 0) is 0 Å². The van der Waals surface area contributed by atoms with Crippen molar-refractivity contribution >= 4 is 0 Å². The average molecular weight is 192 g/mol. The molecule has 0 aromatic heterocycles. The van der Waals surface area contributed by atoms with Crippen LogP contribution in [0.1, 0.15) is 33.6 Å². The first kappa shape index (κ1) is 12.8. The van der Waals surface area contributed by atoms with Crippen LogP contribution in [0.3, 0.4) is 0 Å². The molecule has 0 aliphatic carbocycles. The van der Waals surface area contributed by atoms with Gasteiger partial charge in [-0.2, -0.15) is 0 Å². The second-order valence-electron chi connectivity index (χ2n) is 3.89. The highest BCUT2D eigenvalue weighted by Gasteiger charge is 2.35. The Kier molecular flexibility index (Phi) is 4.85. The molecule has 0 spiro atoms. The van der Waals surface area contributed by atoms with Gasteiger partial charge in [-0.1, -0.05) is 0 Å². The van der Waals surface area contributed by atoms with Gasteiger partial charge in [0.15, 0.2) is 0 Å². The highest BCUT2D eigenvalue weighted by atomic mass is 16.3. The molecular weight excluding hydrogens is 172 g/mol. The Labute approximate surface area is 78.8 Å². The predicted octanol–water partition coefficient (Wildman–Crippen LogP) is -0.360. The zero-order chi connectivity index (χ0) is 10.6. The quantitative estimate of drug-likeness (QED) is 0.479. The maximum Gasteiger partial charge on any atom is 0.0951 e. The van der Waals surface area contributed by atoms with E-state index in [9.17, 15) is 10.2 Å². The Hall–Kier alpha value is -0.160. The lowest BCUT2D eigenvalue weighted by atomic mass is 9.86. The molecule has 4 nitrogen and oxygen atoms in total. The Morgan fingerprint density at radius 1 is 0.923 bits per heavy atom. The highest BCUT2D eigenvalue weighted by Crippen LogP contribution is 2.23. The van der Waals surface area contributed by atoms with E-state index >= 15 is 0 Å². The van der Waals surface area contributed by atoms with Crippen molar-refractivity contribution < 1.29 is 20.4 Å². The van der Waals surface area contributed by atoms with E-state index in [4.69, 9.17) is 10.2 Å². The molecule has 0 aromatic rings. The Bertz CT molecular complexity index is 133. The van der Waals surface area contributed by atoms with Gasteiger partial charge in [0.1, 0.15) is 0 Å². The lowest BCUT2D eigenvalue weighted by molar-refractivity contribution is -0.110. The maximum atomic E-state index is 9.86. The van der Waals surface area contributed by atoms with Gasteiger partial charge in [-0.25, -0.2) is 0 Å². The maximum absolute atomic E-state index is 9.86. The molecule has 3 unspecified atom stereocenters. The first-order chi connectivity index (χ1) is 5.78. The molecule has 13 heavy (non-hydrogen) atoms. The normalized spacial score (nSPS) is 23.3. The van der Waals surface area contributed by atoms with Crippen LogP contribution < -0.4 is 0 Å². The summed E-state index contributed by atoms with van der Waals surface area (Å²) >= 11 is 0. The van der Waals surface area contributed by atoms with E-state index in [1.165, 1.54) is 20.8 Å². The van der Waals surface area contributed by atoms with Gasteiger partial charge in [-0.15, -0.1) is 0 Å². The second kappa shape index (κ2) is 4.91. The summed E-state index contributed by atoms with van der Waals surface area (Å²) in [6, 6.07) is 0. The minimum atomic E-state index is -1.40. The molecule has 0 aliphatic rings. The molecule has 0 heterocycles. The molecular formula is C9H20O4. The number of aliphatic hydroxyl groups excluding tert-OH is 3. The fraction of sp³-hybridized carbons (Fsp3) is 1.00. The van der Waals surface area contributed by atoms with Gasteiger partial charge >= 0.3 is 0 Å². The van der Waals surface area contributed by atoms with Crippen LogP contribution in [0.4, 0.5) is 0 Å². The molecule has 3 atom stereocenters. The minimum Gasteiger partial charge on any atom is -0.393 e. The smallest absolute Gasteiger partial charge is 0.0951 e. The van der Waals surface area contributed by atoms with Crippen molar-refractivity contribution in [2.75, 3.05) is 0 Å². The van der Waals surface area contributed by atoms with Crippen LogP contribution in [0.5, 0.6) is 0 Å². The van der Waals surface area contributed by atoms with Gasteiger partial charge in [-0.3, -0.25) is 0 Å². The SMILES string of the molecule is CC(O)CC(O)(CC(C)O)C(C)O.